The molecule has 1 aliphatic heterocycles. The number of aliphatic hydroxyl groups excluding tert-OH is 2. The average Bonchev–Trinajstić information content (AvgIpc) is 3.42. The van der Waals surface area contributed by atoms with Gasteiger partial charge in [0, 0.05) is 17.6 Å². The van der Waals surface area contributed by atoms with Crippen LogP contribution in [0.4, 0.5) is 0 Å². The number of carboxylic acid groups (broad SMARTS) is 2. The van der Waals surface area contributed by atoms with E-state index in [0.717, 1.165) is 42.5 Å². The lowest BCUT2D eigenvalue weighted by atomic mass is 9.81. The highest BCUT2D eigenvalue weighted by Crippen LogP contribution is 2.56. The number of esters is 2. The number of rotatable bonds is 10. The Balaban J connectivity index is 0.000000409. The molecular weight excluding hydrogens is 630 g/mol. The molecule has 0 fully saturated rings. The first-order valence-corrected chi connectivity index (χ1v) is 16.0. The monoisotopic (exact) mass is 667 g/mol. The van der Waals surface area contributed by atoms with Gasteiger partial charge in [-0.25, -0.2) is 19.2 Å². The standard InChI is InChI=1S/C34H31NO4.C4H6O6/c1-3-12-27-25-17-11-18-26-30-24(21-28(31(25)26)35(27)4-2)19-20-29(38-33(36)22-13-7-5-8-14-22)32(30)39-34(37)23-15-9-6-10-16-23;5-1(3(7)8)2(6)4(9)10/h5-11,13-20,27-28H,3-4,12,21H2,1-2H3;1-2,5-6H,(H,7,8)(H,9,10)/t27-,28+;1-,2-/m01/s1. The van der Waals surface area contributed by atoms with Crippen molar-refractivity contribution in [1.29, 1.82) is 0 Å². The third-order valence-electron chi connectivity index (χ3n) is 8.67. The maximum Gasteiger partial charge on any atom is 0.343 e. The van der Waals surface area contributed by atoms with Crippen molar-refractivity contribution < 1.29 is 49.1 Å². The van der Waals surface area contributed by atoms with E-state index in [4.69, 9.17) is 29.9 Å². The molecule has 0 aromatic heterocycles. The molecule has 0 amide bonds. The van der Waals surface area contributed by atoms with Gasteiger partial charge >= 0.3 is 23.9 Å². The molecule has 1 heterocycles. The third kappa shape index (κ3) is 7.24. The maximum absolute atomic E-state index is 13.3. The summed E-state index contributed by atoms with van der Waals surface area (Å²) in [4.78, 5) is 48.5. The van der Waals surface area contributed by atoms with E-state index >= 15 is 0 Å². The van der Waals surface area contributed by atoms with Gasteiger partial charge in [0.05, 0.1) is 11.1 Å². The molecule has 49 heavy (non-hydrogen) atoms. The summed E-state index contributed by atoms with van der Waals surface area (Å²) in [5, 5.41) is 32.5. The quantitative estimate of drug-likeness (QED) is 0.125. The van der Waals surface area contributed by atoms with E-state index in [1.165, 1.54) is 11.1 Å². The number of fused-ring (bicyclic) bond motifs is 2. The molecule has 0 radical (unpaired) electrons. The highest BCUT2D eigenvalue weighted by atomic mass is 16.6. The molecule has 6 rings (SSSR count). The third-order valence-corrected chi connectivity index (χ3v) is 8.67. The van der Waals surface area contributed by atoms with Gasteiger partial charge in [0.25, 0.3) is 0 Å². The topological polar surface area (TPSA) is 171 Å². The van der Waals surface area contributed by atoms with E-state index in [2.05, 4.69) is 36.9 Å². The lowest BCUT2D eigenvalue weighted by Crippen LogP contribution is -2.39. The number of benzene rings is 4. The molecule has 0 saturated heterocycles. The summed E-state index contributed by atoms with van der Waals surface area (Å²) in [5.74, 6) is -4.00. The lowest BCUT2D eigenvalue weighted by Gasteiger charge is -2.33. The minimum atomic E-state index is -2.27. The van der Waals surface area contributed by atoms with Crippen LogP contribution in [0.5, 0.6) is 11.5 Å². The van der Waals surface area contributed by atoms with Crippen molar-refractivity contribution in [3.63, 3.8) is 0 Å². The van der Waals surface area contributed by atoms with Gasteiger partial charge in [-0.2, -0.15) is 0 Å². The SMILES string of the molecule is CCC[C@H]1c2cccc3c2[C@@H](Cc2ccc(OC(=O)c4ccccc4)c(OC(=O)c4ccccc4)c2-3)N1CC.O=C(O)[C@H](O)[C@@H](O)C(=O)O. The molecule has 0 unspecified atom stereocenters. The van der Waals surface area contributed by atoms with Gasteiger partial charge in [-0.1, -0.05) is 80.9 Å². The number of hydrogen-bond acceptors (Lipinski definition) is 9. The number of hydrogen-bond donors (Lipinski definition) is 4. The Morgan fingerprint density at radius 1 is 0.755 bits per heavy atom. The molecular formula is C38H37NO10. The van der Waals surface area contributed by atoms with E-state index in [1.54, 1.807) is 54.6 Å². The highest BCUT2D eigenvalue weighted by molar-refractivity contribution is 5.96. The first-order valence-electron chi connectivity index (χ1n) is 16.0. The number of aliphatic hydroxyl groups is 2. The Hall–Kier alpha value is -5.36. The Bertz CT molecular complexity index is 1820. The highest BCUT2D eigenvalue weighted by Gasteiger charge is 2.42. The summed E-state index contributed by atoms with van der Waals surface area (Å²) in [7, 11) is 0. The summed E-state index contributed by atoms with van der Waals surface area (Å²) < 4.78 is 12.0. The van der Waals surface area contributed by atoms with E-state index in [0.29, 0.717) is 22.9 Å². The summed E-state index contributed by atoms with van der Waals surface area (Å²) >= 11 is 0. The molecule has 0 spiro atoms. The van der Waals surface area contributed by atoms with Crippen LogP contribution < -0.4 is 9.47 Å². The minimum Gasteiger partial charge on any atom is -0.479 e. The molecule has 11 nitrogen and oxygen atoms in total. The van der Waals surface area contributed by atoms with E-state index in [9.17, 15) is 19.2 Å². The number of likely N-dealkylation sites (N-methyl/N-ethyl adjacent to an activating group) is 1. The number of carboxylic acids is 2. The molecule has 4 N–H and O–H groups in total. The number of aliphatic carboxylic acids is 2. The van der Waals surface area contributed by atoms with Gasteiger partial charge in [0.1, 0.15) is 0 Å². The molecule has 254 valence electrons. The molecule has 4 aromatic carbocycles. The van der Waals surface area contributed by atoms with Gasteiger partial charge in [-0.15, -0.1) is 0 Å². The van der Waals surface area contributed by atoms with Crippen molar-refractivity contribution >= 4 is 23.9 Å². The molecule has 4 atom stereocenters. The summed E-state index contributed by atoms with van der Waals surface area (Å²) in [6, 6.07) is 28.6. The van der Waals surface area contributed by atoms with Crippen molar-refractivity contribution in [3.05, 3.63) is 119 Å². The fourth-order valence-corrected chi connectivity index (χ4v) is 6.47. The predicted octanol–water partition coefficient (Wildman–Crippen LogP) is 5.44. The Kier molecular flexibility index (Phi) is 10.9. The fourth-order valence-electron chi connectivity index (χ4n) is 6.47. The van der Waals surface area contributed by atoms with Crippen LogP contribution in [-0.4, -0.2) is 68.0 Å². The van der Waals surface area contributed by atoms with Gasteiger partial charge in [0.15, 0.2) is 23.7 Å². The largest absolute Gasteiger partial charge is 0.479 e. The van der Waals surface area contributed by atoms with Crippen LogP contribution in [0.3, 0.4) is 0 Å². The molecule has 4 aromatic rings. The van der Waals surface area contributed by atoms with E-state index < -0.39 is 36.1 Å². The van der Waals surface area contributed by atoms with Crippen molar-refractivity contribution in [2.45, 2.75) is 57.4 Å². The number of ether oxygens (including phenoxy) is 2. The van der Waals surface area contributed by atoms with Gasteiger partial charge in [-0.3, -0.25) is 4.90 Å². The summed E-state index contributed by atoms with van der Waals surface area (Å²) in [5.41, 5.74) is 6.46. The van der Waals surface area contributed by atoms with Gasteiger partial charge < -0.3 is 29.9 Å². The first-order chi connectivity index (χ1) is 23.6. The van der Waals surface area contributed by atoms with E-state index in [-0.39, 0.29) is 11.8 Å². The number of carbonyl (C=O) groups excluding carboxylic acids is 2. The van der Waals surface area contributed by atoms with Crippen LogP contribution in [0.2, 0.25) is 0 Å². The van der Waals surface area contributed by atoms with Crippen LogP contribution in [0, 0.1) is 0 Å². The molecule has 11 heteroatoms. The zero-order chi connectivity index (χ0) is 35.2. The second-order valence-electron chi connectivity index (χ2n) is 11.7. The predicted molar refractivity (Wildman–Crippen MR) is 178 cm³/mol. The van der Waals surface area contributed by atoms with Crippen molar-refractivity contribution in [2.24, 2.45) is 0 Å². The number of carbonyl (C=O) groups is 4. The summed E-state index contributed by atoms with van der Waals surface area (Å²) in [6.45, 7) is 5.41. The number of nitrogens with zero attached hydrogens (tertiary/aromatic N) is 1. The Morgan fingerprint density at radius 3 is 1.86 bits per heavy atom. The second kappa shape index (κ2) is 15.2. The lowest BCUT2D eigenvalue weighted by molar-refractivity contribution is -0.165. The Labute approximate surface area is 283 Å². The van der Waals surface area contributed by atoms with Crippen LogP contribution in [-0.2, 0) is 16.0 Å². The van der Waals surface area contributed by atoms with Gasteiger partial charge in [-0.05, 0) is 72.0 Å². The first kappa shape index (κ1) is 35.0. The van der Waals surface area contributed by atoms with Crippen LogP contribution in [0.25, 0.3) is 11.1 Å². The van der Waals surface area contributed by atoms with Crippen LogP contribution in [0.1, 0.15) is 76.2 Å². The van der Waals surface area contributed by atoms with Crippen molar-refractivity contribution in [2.75, 3.05) is 6.54 Å². The molecule has 1 aliphatic carbocycles. The average molecular weight is 668 g/mol. The summed E-state index contributed by atoms with van der Waals surface area (Å²) in [6.07, 6.45) is -1.54. The second-order valence-corrected chi connectivity index (χ2v) is 11.7. The zero-order valence-electron chi connectivity index (χ0n) is 27.0. The molecule has 0 bridgehead atoms. The normalized spacial score (nSPS) is 17.0. The van der Waals surface area contributed by atoms with Crippen molar-refractivity contribution in [3.8, 4) is 22.6 Å². The maximum atomic E-state index is 13.3. The van der Waals surface area contributed by atoms with Crippen molar-refractivity contribution in [1.82, 2.24) is 4.90 Å². The van der Waals surface area contributed by atoms with Crippen LogP contribution in [0.15, 0.2) is 91.0 Å². The van der Waals surface area contributed by atoms with E-state index in [1.807, 2.05) is 18.2 Å². The zero-order valence-corrected chi connectivity index (χ0v) is 27.0. The minimum absolute atomic E-state index is 0.235. The molecule has 2 aliphatic rings. The molecule has 0 saturated carbocycles. The van der Waals surface area contributed by atoms with Gasteiger partial charge in [0.2, 0.25) is 0 Å². The Morgan fingerprint density at radius 2 is 1.33 bits per heavy atom. The van der Waals surface area contributed by atoms with Crippen LogP contribution >= 0.6 is 0 Å². The smallest absolute Gasteiger partial charge is 0.343 e. The fraction of sp³-hybridized carbons (Fsp3) is 0.263.